The molecule has 0 saturated heterocycles. The topological polar surface area (TPSA) is 43.4 Å². The van der Waals surface area contributed by atoms with Gasteiger partial charge in [-0.15, -0.1) is 0 Å². The van der Waals surface area contributed by atoms with E-state index >= 15 is 0 Å². The van der Waals surface area contributed by atoms with E-state index in [1.54, 1.807) is 0 Å². The Hall–Kier alpha value is -0.940. The second-order valence-electron chi connectivity index (χ2n) is 15.7. The van der Waals surface area contributed by atoms with Crippen LogP contribution in [0.4, 0.5) is 0 Å². The van der Waals surface area contributed by atoms with Crippen LogP contribution in [0.25, 0.3) is 0 Å². The van der Waals surface area contributed by atoms with Gasteiger partial charge in [0.25, 0.3) is 0 Å². The van der Waals surface area contributed by atoms with Gasteiger partial charge in [0.05, 0.1) is 41.3 Å². The number of ether oxygens (including phenoxy) is 1. The van der Waals surface area contributed by atoms with E-state index in [-0.39, 0.29) is 18.0 Å². The summed E-state index contributed by atoms with van der Waals surface area (Å²) < 4.78 is 7.38. The molecule has 5 unspecified atom stereocenters. The van der Waals surface area contributed by atoms with Crippen LogP contribution in [-0.4, -0.2) is 81.2 Å². The first-order chi connectivity index (χ1) is 18.8. The number of carbonyl (C=O) groups is 2. The molecule has 0 amide bonds. The fourth-order valence-electron chi connectivity index (χ4n) is 7.47. The van der Waals surface area contributed by atoms with Crippen molar-refractivity contribution < 1.29 is 23.3 Å². The van der Waals surface area contributed by atoms with Crippen molar-refractivity contribution in [1.82, 2.24) is 0 Å². The maximum absolute atomic E-state index is 13.3. The molecule has 2 saturated carbocycles. The molecule has 0 aromatic heterocycles. The molecule has 234 valence electrons. The summed E-state index contributed by atoms with van der Waals surface area (Å²) in [5, 5.41) is 0. The lowest BCUT2D eigenvalue weighted by atomic mass is 9.68. The SMILES string of the molecule is CC1CCCC(OC(=O)C[N+](C)(C)CCCCCCCCCC[N+](C)(C)CC(=O)C2CC(C)CCC2C(C)C)C1. The number of nitrogens with zero attached hydrogens (tertiary/aromatic N) is 2. The Morgan fingerprint density at radius 3 is 1.77 bits per heavy atom. The van der Waals surface area contributed by atoms with Crippen LogP contribution in [0.15, 0.2) is 0 Å². The molecule has 0 radical (unpaired) electrons. The molecule has 0 N–H and O–H groups in total. The molecule has 0 spiro atoms. The van der Waals surface area contributed by atoms with Crippen LogP contribution in [-0.2, 0) is 14.3 Å². The van der Waals surface area contributed by atoms with Crippen molar-refractivity contribution >= 4 is 11.8 Å². The van der Waals surface area contributed by atoms with Gasteiger partial charge >= 0.3 is 5.97 Å². The molecular formula is C35H68N2O3+2. The third-order valence-electron chi connectivity index (χ3n) is 10.0. The van der Waals surface area contributed by atoms with Crippen molar-refractivity contribution in [1.29, 1.82) is 0 Å². The highest BCUT2D eigenvalue weighted by atomic mass is 16.5. The summed E-state index contributed by atoms with van der Waals surface area (Å²) >= 11 is 0. The Bertz CT molecular complexity index is 747. The number of ketones is 1. The second kappa shape index (κ2) is 17.2. The zero-order valence-corrected chi connectivity index (χ0v) is 28.0. The lowest BCUT2D eigenvalue weighted by Crippen LogP contribution is -2.48. The Kier molecular flexibility index (Phi) is 15.2. The molecule has 5 atom stereocenters. The van der Waals surface area contributed by atoms with Gasteiger partial charge in [-0.2, -0.15) is 0 Å². The largest absolute Gasteiger partial charge is 0.458 e. The number of quaternary nitrogens is 2. The molecule has 0 bridgehead atoms. The maximum Gasteiger partial charge on any atom is 0.362 e. The van der Waals surface area contributed by atoms with E-state index in [1.165, 1.54) is 77.0 Å². The van der Waals surface area contributed by atoms with Crippen LogP contribution in [0.3, 0.4) is 0 Å². The minimum absolute atomic E-state index is 0.0152. The van der Waals surface area contributed by atoms with Crippen molar-refractivity contribution in [3.63, 3.8) is 0 Å². The van der Waals surface area contributed by atoms with Gasteiger partial charge in [-0.3, -0.25) is 4.79 Å². The number of hydrogen-bond acceptors (Lipinski definition) is 3. The van der Waals surface area contributed by atoms with Crippen molar-refractivity contribution in [3.8, 4) is 0 Å². The van der Waals surface area contributed by atoms with E-state index in [0.29, 0.717) is 42.5 Å². The van der Waals surface area contributed by atoms with E-state index < -0.39 is 0 Å². The molecule has 0 aromatic rings. The van der Waals surface area contributed by atoms with Crippen molar-refractivity contribution in [2.24, 2.45) is 29.6 Å². The lowest BCUT2D eigenvalue weighted by molar-refractivity contribution is -0.883. The Morgan fingerprint density at radius 2 is 1.23 bits per heavy atom. The summed E-state index contributed by atoms with van der Waals surface area (Å²) in [4.78, 5) is 25.8. The number of carbonyl (C=O) groups excluding carboxylic acids is 2. The van der Waals surface area contributed by atoms with Crippen molar-refractivity contribution in [3.05, 3.63) is 0 Å². The number of rotatable bonds is 18. The van der Waals surface area contributed by atoms with Crippen molar-refractivity contribution in [2.45, 2.75) is 130 Å². The Morgan fingerprint density at radius 1 is 0.700 bits per heavy atom. The maximum atomic E-state index is 13.3. The predicted molar refractivity (Wildman–Crippen MR) is 168 cm³/mol. The molecular weight excluding hydrogens is 496 g/mol. The van der Waals surface area contributed by atoms with E-state index in [9.17, 15) is 9.59 Å². The number of likely N-dealkylation sites (N-methyl/N-ethyl adjacent to an activating group) is 2. The molecule has 2 aliphatic carbocycles. The van der Waals surface area contributed by atoms with Crippen LogP contribution in [0.1, 0.15) is 124 Å². The highest BCUT2D eigenvalue weighted by Gasteiger charge is 2.37. The van der Waals surface area contributed by atoms with Gasteiger partial charge in [0.2, 0.25) is 0 Å². The second-order valence-corrected chi connectivity index (χ2v) is 15.7. The molecule has 5 nitrogen and oxygen atoms in total. The molecule has 2 fully saturated rings. The van der Waals surface area contributed by atoms with Crippen LogP contribution < -0.4 is 0 Å². The predicted octanol–water partition coefficient (Wildman–Crippen LogP) is 7.66. The average Bonchev–Trinajstić information content (AvgIpc) is 2.84. The smallest absolute Gasteiger partial charge is 0.362 e. The molecule has 40 heavy (non-hydrogen) atoms. The first-order valence-corrected chi connectivity index (χ1v) is 17.1. The quantitative estimate of drug-likeness (QED) is 0.0975. The van der Waals surface area contributed by atoms with E-state index in [2.05, 4.69) is 55.9 Å². The molecule has 5 heteroatoms. The van der Waals surface area contributed by atoms with Gasteiger partial charge in [-0.05, 0) is 81.5 Å². The minimum Gasteiger partial charge on any atom is -0.458 e. The molecule has 2 rings (SSSR count). The number of Topliss-reactive ketones (excluding diaryl/α,β-unsaturated/α-hetero) is 1. The average molecular weight is 565 g/mol. The summed E-state index contributed by atoms with van der Waals surface area (Å²) in [6.45, 7) is 12.5. The Balaban J connectivity index is 1.51. The highest BCUT2D eigenvalue weighted by Crippen LogP contribution is 2.38. The summed E-state index contributed by atoms with van der Waals surface area (Å²) in [7, 11) is 8.84. The molecule has 0 aromatic carbocycles. The van der Waals surface area contributed by atoms with E-state index in [0.717, 1.165) is 41.3 Å². The monoisotopic (exact) mass is 565 g/mol. The zero-order valence-electron chi connectivity index (χ0n) is 28.0. The molecule has 2 aliphatic rings. The minimum atomic E-state index is -0.0152. The van der Waals surface area contributed by atoms with E-state index in [4.69, 9.17) is 4.74 Å². The fourth-order valence-corrected chi connectivity index (χ4v) is 7.47. The zero-order chi connectivity index (χ0) is 29.8. The van der Waals surface area contributed by atoms with Gasteiger partial charge < -0.3 is 13.7 Å². The third kappa shape index (κ3) is 13.8. The summed E-state index contributed by atoms with van der Waals surface area (Å²) in [6.07, 6.45) is 18.4. The van der Waals surface area contributed by atoms with Crippen LogP contribution in [0, 0.1) is 29.6 Å². The van der Waals surface area contributed by atoms with Gasteiger partial charge in [0.1, 0.15) is 12.6 Å². The highest BCUT2D eigenvalue weighted by molar-refractivity contribution is 5.82. The normalized spacial score (nSPS) is 26.2. The first-order valence-electron chi connectivity index (χ1n) is 17.1. The van der Waals surface area contributed by atoms with Gasteiger partial charge in [0, 0.05) is 5.92 Å². The van der Waals surface area contributed by atoms with Crippen LogP contribution in [0.5, 0.6) is 0 Å². The number of hydrogen-bond donors (Lipinski definition) is 0. The Labute approximate surface area is 249 Å². The summed E-state index contributed by atoms with van der Waals surface area (Å²) in [5.74, 6) is 3.37. The molecule has 0 aliphatic heterocycles. The standard InChI is InChI=1S/C35H68N2O3/c1-28(2)32-21-20-30(4)25-33(32)34(38)26-36(5,6)22-15-13-11-9-10-12-14-16-23-37(7,8)27-35(39)40-31-19-17-18-29(3)24-31/h28-33H,9-27H2,1-8H3/q+2. The van der Waals surface area contributed by atoms with Crippen LogP contribution >= 0.6 is 0 Å². The number of unbranched alkanes of at least 4 members (excludes halogenated alkanes) is 7. The fraction of sp³-hybridized carbons (Fsp3) is 0.943. The van der Waals surface area contributed by atoms with Gasteiger partial charge in [-0.1, -0.05) is 66.2 Å². The summed E-state index contributed by atoms with van der Waals surface area (Å²) in [5.41, 5.74) is 0. The van der Waals surface area contributed by atoms with Gasteiger partial charge in [0.15, 0.2) is 12.3 Å². The third-order valence-corrected chi connectivity index (χ3v) is 10.0. The lowest BCUT2D eigenvalue weighted by Gasteiger charge is -2.38. The van der Waals surface area contributed by atoms with E-state index in [1.807, 2.05) is 0 Å². The molecule has 0 heterocycles. The first kappa shape index (κ1) is 35.3. The summed E-state index contributed by atoms with van der Waals surface area (Å²) in [6, 6.07) is 0. The van der Waals surface area contributed by atoms with Crippen LogP contribution in [0.2, 0.25) is 0 Å². The van der Waals surface area contributed by atoms with Gasteiger partial charge in [-0.25, -0.2) is 4.79 Å². The van der Waals surface area contributed by atoms with Crippen molar-refractivity contribution in [2.75, 3.05) is 54.4 Å². The number of esters is 1.